The fourth-order valence-electron chi connectivity index (χ4n) is 1.76. The van der Waals surface area contributed by atoms with E-state index in [2.05, 4.69) is 0 Å². The summed E-state index contributed by atoms with van der Waals surface area (Å²) >= 11 is 0. The zero-order valence-corrected chi connectivity index (χ0v) is 10.6. The highest BCUT2D eigenvalue weighted by Gasteiger charge is 2.15. The smallest absolute Gasteiger partial charge is 0.148 e. The van der Waals surface area contributed by atoms with Gasteiger partial charge in [-0.1, -0.05) is 6.07 Å². The maximum absolute atomic E-state index is 13.5. The SMILES string of the molecule is C[C@@H](O)c1cc(F)ccc1Oc1cccc(F)c1C#N. The van der Waals surface area contributed by atoms with E-state index >= 15 is 0 Å². The molecule has 20 heavy (non-hydrogen) atoms. The lowest BCUT2D eigenvalue weighted by atomic mass is 10.1. The molecule has 0 saturated heterocycles. The first-order valence-electron chi connectivity index (χ1n) is 5.87. The Hall–Kier alpha value is -2.45. The first kappa shape index (κ1) is 14.0. The van der Waals surface area contributed by atoms with Crippen LogP contribution < -0.4 is 4.74 Å². The molecular weight excluding hydrogens is 264 g/mol. The minimum absolute atomic E-state index is 0.0148. The van der Waals surface area contributed by atoms with Crippen molar-refractivity contribution in [2.75, 3.05) is 0 Å². The summed E-state index contributed by atoms with van der Waals surface area (Å²) in [6, 6.07) is 9.29. The number of aliphatic hydroxyl groups is 1. The number of halogens is 2. The van der Waals surface area contributed by atoms with Gasteiger partial charge in [0, 0.05) is 5.56 Å². The average molecular weight is 275 g/mol. The van der Waals surface area contributed by atoms with Gasteiger partial charge in [0.1, 0.15) is 34.8 Å². The van der Waals surface area contributed by atoms with Crippen LogP contribution in [-0.2, 0) is 0 Å². The van der Waals surface area contributed by atoms with E-state index in [1.807, 2.05) is 0 Å². The van der Waals surface area contributed by atoms with E-state index in [1.54, 1.807) is 6.07 Å². The third-order valence-electron chi connectivity index (χ3n) is 2.73. The molecule has 0 saturated carbocycles. The normalized spacial score (nSPS) is 11.8. The standard InChI is InChI=1S/C15H11F2NO2/c1-9(19)11-7-10(16)5-6-15(11)20-14-4-2-3-13(17)12(14)8-18/h2-7,9,19H,1H3/t9-/m1/s1. The molecule has 0 bridgehead atoms. The van der Waals surface area contributed by atoms with Gasteiger partial charge < -0.3 is 9.84 Å². The van der Waals surface area contributed by atoms with E-state index in [9.17, 15) is 13.9 Å². The number of rotatable bonds is 3. The van der Waals surface area contributed by atoms with Crippen LogP contribution in [0, 0.1) is 23.0 Å². The van der Waals surface area contributed by atoms with Crippen LogP contribution in [0.3, 0.4) is 0 Å². The van der Waals surface area contributed by atoms with Crippen LogP contribution in [0.5, 0.6) is 11.5 Å². The Morgan fingerprint density at radius 3 is 2.60 bits per heavy atom. The fraction of sp³-hybridized carbons (Fsp3) is 0.133. The molecular formula is C15H11F2NO2. The van der Waals surface area contributed by atoms with Gasteiger partial charge in [0.25, 0.3) is 0 Å². The van der Waals surface area contributed by atoms with Gasteiger partial charge in [0.15, 0.2) is 0 Å². The highest BCUT2D eigenvalue weighted by atomic mass is 19.1. The maximum atomic E-state index is 13.5. The van der Waals surface area contributed by atoms with Crippen LogP contribution in [0.1, 0.15) is 24.2 Å². The minimum atomic E-state index is -0.959. The topological polar surface area (TPSA) is 53.2 Å². The van der Waals surface area contributed by atoms with Crippen LogP contribution >= 0.6 is 0 Å². The van der Waals surface area contributed by atoms with Crippen molar-refractivity contribution in [3.8, 4) is 17.6 Å². The first-order valence-corrected chi connectivity index (χ1v) is 5.87. The van der Waals surface area contributed by atoms with Gasteiger partial charge in [-0.3, -0.25) is 0 Å². The summed E-state index contributed by atoms with van der Waals surface area (Å²) in [5.74, 6) is -1.04. The monoisotopic (exact) mass is 275 g/mol. The summed E-state index contributed by atoms with van der Waals surface area (Å²) in [5, 5.41) is 18.5. The lowest BCUT2D eigenvalue weighted by Crippen LogP contribution is -1.99. The van der Waals surface area contributed by atoms with Gasteiger partial charge in [-0.2, -0.15) is 5.26 Å². The molecule has 0 aromatic heterocycles. The van der Waals surface area contributed by atoms with Gasteiger partial charge in [-0.25, -0.2) is 8.78 Å². The Balaban J connectivity index is 2.46. The fourth-order valence-corrected chi connectivity index (χ4v) is 1.76. The number of benzene rings is 2. The quantitative estimate of drug-likeness (QED) is 0.929. The molecule has 2 rings (SSSR count). The predicted molar refractivity (Wildman–Crippen MR) is 68.2 cm³/mol. The Morgan fingerprint density at radius 2 is 1.95 bits per heavy atom. The van der Waals surface area contributed by atoms with E-state index < -0.39 is 17.7 Å². The van der Waals surface area contributed by atoms with E-state index in [0.29, 0.717) is 0 Å². The van der Waals surface area contributed by atoms with E-state index in [4.69, 9.17) is 10.00 Å². The zero-order chi connectivity index (χ0) is 14.7. The third-order valence-corrected chi connectivity index (χ3v) is 2.73. The van der Waals surface area contributed by atoms with Crippen LogP contribution in [0.2, 0.25) is 0 Å². The van der Waals surface area contributed by atoms with Gasteiger partial charge in [-0.15, -0.1) is 0 Å². The summed E-state index contributed by atoms with van der Waals surface area (Å²) in [6.07, 6.45) is -0.959. The molecule has 1 N–H and O–H groups in total. The van der Waals surface area contributed by atoms with Crippen molar-refractivity contribution < 1.29 is 18.6 Å². The molecule has 5 heteroatoms. The van der Waals surface area contributed by atoms with E-state index in [-0.39, 0.29) is 22.6 Å². The second-order valence-corrected chi connectivity index (χ2v) is 4.18. The number of aliphatic hydroxyl groups excluding tert-OH is 1. The molecule has 0 amide bonds. The Morgan fingerprint density at radius 1 is 1.20 bits per heavy atom. The Bertz CT molecular complexity index is 678. The minimum Gasteiger partial charge on any atom is -0.455 e. The number of hydrogen-bond acceptors (Lipinski definition) is 3. The molecule has 0 unspecified atom stereocenters. The number of nitriles is 1. The molecule has 0 aliphatic heterocycles. The highest BCUT2D eigenvalue weighted by molar-refractivity contribution is 5.47. The molecule has 102 valence electrons. The lowest BCUT2D eigenvalue weighted by molar-refractivity contribution is 0.195. The van der Waals surface area contributed by atoms with Crippen LogP contribution in [-0.4, -0.2) is 5.11 Å². The zero-order valence-electron chi connectivity index (χ0n) is 10.6. The van der Waals surface area contributed by atoms with Gasteiger partial charge in [0.05, 0.1) is 6.10 Å². The molecule has 0 fully saturated rings. The first-order chi connectivity index (χ1) is 9.52. The molecule has 0 spiro atoms. The number of ether oxygens (including phenoxy) is 1. The number of nitrogens with zero attached hydrogens (tertiary/aromatic N) is 1. The van der Waals surface area contributed by atoms with Crippen molar-refractivity contribution in [2.24, 2.45) is 0 Å². The van der Waals surface area contributed by atoms with Crippen LogP contribution in [0.4, 0.5) is 8.78 Å². The lowest BCUT2D eigenvalue weighted by Gasteiger charge is -2.14. The van der Waals surface area contributed by atoms with Gasteiger partial charge in [-0.05, 0) is 37.3 Å². The molecule has 3 nitrogen and oxygen atoms in total. The molecule has 0 radical (unpaired) electrons. The average Bonchev–Trinajstić information content (AvgIpc) is 2.41. The van der Waals surface area contributed by atoms with Crippen molar-refractivity contribution >= 4 is 0 Å². The Kier molecular flexibility index (Phi) is 3.97. The van der Waals surface area contributed by atoms with Crippen molar-refractivity contribution in [2.45, 2.75) is 13.0 Å². The summed E-state index contributed by atoms with van der Waals surface area (Å²) in [4.78, 5) is 0. The van der Waals surface area contributed by atoms with Crippen molar-refractivity contribution in [3.63, 3.8) is 0 Å². The summed E-state index contributed by atoms with van der Waals surface area (Å²) in [5.41, 5.74) is -0.0217. The van der Waals surface area contributed by atoms with Crippen LogP contribution in [0.25, 0.3) is 0 Å². The summed E-state index contributed by atoms with van der Waals surface area (Å²) < 4.78 is 32.1. The predicted octanol–water partition coefficient (Wildman–Crippen LogP) is 3.68. The second-order valence-electron chi connectivity index (χ2n) is 4.18. The molecule has 0 heterocycles. The van der Waals surface area contributed by atoms with Crippen molar-refractivity contribution in [1.29, 1.82) is 5.26 Å². The summed E-state index contributed by atoms with van der Waals surface area (Å²) in [6.45, 7) is 1.46. The highest BCUT2D eigenvalue weighted by Crippen LogP contribution is 2.32. The largest absolute Gasteiger partial charge is 0.455 e. The molecule has 0 aliphatic carbocycles. The second kappa shape index (κ2) is 5.68. The van der Waals surface area contributed by atoms with E-state index in [0.717, 1.165) is 18.2 Å². The summed E-state index contributed by atoms with van der Waals surface area (Å²) in [7, 11) is 0. The van der Waals surface area contributed by atoms with Crippen LogP contribution in [0.15, 0.2) is 36.4 Å². The Labute approximate surface area is 114 Å². The third kappa shape index (κ3) is 2.76. The number of hydrogen-bond donors (Lipinski definition) is 1. The molecule has 2 aromatic rings. The molecule has 1 atom stereocenters. The van der Waals surface area contributed by atoms with Crippen molar-refractivity contribution in [1.82, 2.24) is 0 Å². The van der Waals surface area contributed by atoms with Gasteiger partial charge >= 0.3 is 0 Å². The molecule has 0 aliphatic rings. The van der Waals surface area contributed by atoms with Gasteiger partial charge in [0.2, 0.25) is 0 Å². The maximum Gasteiger partial charge on any atom is 0.148 e. The van der Waals surface area contributed by atoms with E-state index in [1.165, 1.54) is 25.1 Å². The van der Waals surface area contributed by atoms with Crippen molar-refractivity contribution in [3.05, 3.63) is 59.2 Å². The molecule has 2 aromatic carbocycles.